The Kier molecular flexibility index (Phi) is 6.16. The first-order chi connectivity index (χ1) is 15.3. The SMILES string of the molecule is CC[C@@H]1Oc2cc(S(=O)(=O)N3CCC[C@@H](C(=O)Nc4cccnc4)C3)c(C)cc2NC1=O. The number of sulfonamides is 1. The van der Waals surface area contributed by atoms with E-state index in [1.807, 2.05) is 6.92 Å². The average molecular weight is 459 g/mol. The number of benzene rings is 1. The molecule has 2 aliphatic heterocycles. The smallest absolute Gasteiger partial charge is 0.265 e. The molecule has 0 radical (unpaired) electrons. The summed E-state index contributed by atoms with van der Waals surface area (Å²) in [5, 5.41) is 5.58. The zero-order chi connectivity index (χ0) is 22.9. The van der Waals surface area contributed by atoms with Gasteiger partial charge in [0.15, 0.2) is 6.10 Å². The van der Waals surface area contributed by atoms with Crippen molar-refractivity contribution in [2.45, 2.75) is 44.1 Å². The van der Waals surface area contributed by atoms with Gasteiger partial charge in [-0.15, -0.1) is 0 Å². The van der Waals surface area contributed by atoms with Gasteiger partial charge in [-0.2, -0.15) is 4.31 Å². The first-order valence-electron chi connectivity index (χ1n) is 10.6. The molecule has 1 aromatic carbocycles. The number of anilines is 2. The van der Waals surface area contributed by atoms with E-state index in [4.69, 9.17) is 4.74 Å². The van der Waals surface area contributed by atoms with Crippen LogP contribution in [-0.2, 0) is 19.6 Å². The third-order valence-electron chi connectivity index (χ3n) is 5.77. The van der Waals surface area contributed by atoms with Crippen LogP contribution in [0.15, 0.2) is 41.6 Å². The molecule has 10 heteroatoms. The van der Waals surface area contributed by atoms with Crippen LogP contribution in [0.2, 0.25) is 0 Å². The summed E-state index contributed by atoms with van der Waals surface area (Å²) in [7, 11) is -3.85. The molecule has 2 N–H and O–H groups in total. The van der Waals surface area contributed by atoms with Gasteiger partial charge in [-0.1, -0.05) is 6.92 Å². The van der Waals surface area contributed by atoms with Crippen LogP contribution < -0.4 is 15.4 Å². The van der Waals surface area contributed by atoms with E-state index < -0.39 is 22.0 Å². The molecular weight excluding hydrogens is 432 g/mol. The first-order valence-corrected chi connectivity index (χ1v) is 12.1. The third-order valence-corrected chi connectivity index (χ3v) is 7.78. The Morgan fingerprint density at radius 1 is 1.38 bits per heavy atom. The minimum atomic E-state index is -3.85. The van der Waals surface area contributed by atoms with Gasteiger partial charge in [-0.05, 0) is 49.9 Å². The van der Waals surface area contributed by atoms with E-state index >= 15 is 0 Å². The standard InChI is InChI=1S/C22H26N4O5S/c1-3-18-22(28)25-17-10-14(2)20(11-19(17)31-18)32(29,30)26-9-5-6-15(13-26)21(27)24-16-7-4-8-23-12-16/h4,7-8,10-12,15,18H,3,5-6,9,13H2,1-2H3,(H,24,27)(H,25,28)/t15-,18+/m1/s1. The van der Waals surface area contributed by atoms with Crippen LogP contribution in [0.1, 0.15) is 31.7 Å². The number of aromatic nitrogens is 1. The maximum Gasteiger partial charge on any atom is 0.265 e. The number of aryl methyl sites for hydroxylation is 1. The van der Waals surface area contributed by atoms with Crippen LogP contribution in [0.5, 0.6) is 5.75 Å². The fourth-order valence-corrected chi connectivity index (χ4v) is 5.77. The predicted octanol–water partition coefficient (Wildman–Crippen LogP) is 2.54. The lowest BCUT2D eigenvalue weighted by Crippen LogP contribution is -2.44. The molecule has 2 amide bonds. The molecule has 2 atom stereocenters. The van der Waals surface area contributed by atoms with Gasteiger partial charge in [-0.3, -0.25) is 14.6 Å². The van der Waals surface area contributed by atoms with Crippen LogP contribution in [0, 0.1) is 12.8 Å². The van der Waals surface area contributed by atoms with Crippen molar-refractivity contribution in [2.24, 2.45) is 5.92 Å². The van der Waals surface area contributed by atoms with Crippen LogP contribution in [-0.4, -0.2) is 48.7 Å². The highest BCUT2D eigenvalue weighted by Gasteiger charge is 2.36. The molecule has 0 saturated carbocycles. The van der Waals surface area contributed by atoms with E-state index in [1.54, 1.807) is 37.5 Å². The van der Waals surface area contributed by atoms with Crippen molar-refractivity contribution in [3.05, 3.63) is 42.2 Å². The molecule has 0 bridgehead atoms. The lowest BCUT2D eigenvalue weighted by Gasteiger charge is -2.32. The van der Waals surface area contributed by atoms with E-state index in [-0.39, 0.29) is 23.3 Å². The minimum absolute atomic E-state index is 0.0974. The van der Waals surface area contributed by atoms with Crippen molar-refractivity contribution in [2.75, 3.05) is 23.7 Å². The molecule has 1 aromatic heterocycles. The van der Waals surface area contributed by atoms with Crippen LogP contribution in [0.25, 0.3) is 0 Å². The second-order valence-corrected chi connectivity index (χ2v) is 9.96. The maximum absolute atomic E-state index is 13.5. The molecular formula is C22H26N4O5S. The minimum Gasteiger partial charge on any atom is -0.478 e. The summed E-state index contributed by atoms with van der Waals surface area (Å²) in [5.74, 6) is -0.592. The van der Waals surface area contributed by atoms with E-state index in [0.717, 1.165) is 0 Å². The van der Waals surface area contributed by atoms with Crippen LogP contribution in [0.3, 0.4) is 0 Å². The van der Waals surface area contributed by atoms with E-state index in [9.17, 15) is 18.0 Å². The number of pyridine rings is 1. The number of hydrogen-bond acceptors (Lipinski definition) is 6. The normalized spacial score (nSPS) is 21.2. The fourth-order valence-electron chi connectivity index (χ4n) is 4.03. The van der Waals surface area contributed by atoms with Gasteiger partial charge in [0, 0.05) is 25.4 Å². The van der Waals surface area contributed by atoms with Gasteiger partial charge in [-0.25, -0.2) is 8.42 Å². The highest BCUT2D eigenvalue weighted by Crippen LogP contribution is 2.36. The molecule has 0 unspecified atom stereocenters. The monoisotopic (exact) mass is 458 g/mol. The number of carbonyl (C=O) groups is 2. The molecule has 2 aromatic rings. The molecule has 1 saturated heterocycles. The van der Waals surface area contributed by atoms with E-state index in [0.29, 0.717) is 48.5 Å². The van der Waals surface area contributed by atoms with Gasteiger partial charge >= 0.3 is 0 Å². The number of piperidine rings is 1. The lowest BCUT2D eigenvalue weighted by molar-refractivity contribution is -0.123. The van der Waals surface area contributed by atoms with Gasteiger partial charge < -0.3 is 15.4 Å². The molecule has 170 valence electrons. The Morgan fingerprint density at radius 2 is 2.19 bits per heavy atom. The van der Waals surface area contributed by atoms with Crippen molar-refractivity contribution in [3.63, 3.8) is 0 Å². The Morgan fingerprint density at radius 3 is 2.91 bits per heavy atom. The van der Waals surface area contributed by atoms with E-state index in [1.165, 1.54) is 10.4 Å². The highest BCUT2D eigenvalue weighted by molar-refractivity contribution is 7.89. The molecule has 3 heterocycles. The Hall–Kier alpha value is -2.98. The van der Waals surface area contributed by atoms with Gasteiger partial charge in [0.1, 0.15) is 5.75 Å². The Bertz CT molecular complexity index is 1140. The summed E-state index contributed by atoms with van der Waals surface area (Å²) in [5.41, 5.74) is 1.54. The zero-order valence-electron chi connectivity index (χ0n) is 18.0. The number of fused-ring (bicyclic) bond motifs is 1. The first kappa shape index (κ1) is 22.2. The largest absolute Gasteiger partial charge is 0.478 e. The fraction of sp³-hybridized carbons (Fsp3) is 0.409. The van der Waals surface area contributed by atoms with Gasteiger partial charge in [0.25, 0.3) is 5.91 Å². The molecule has 9 nitrogen and oxygen atoms in total. The maximum atomic E-state index is 13.5. The van der Waals surface area contributed by atoms with Crippen molar-refractivity contribution in [1.29, 1.82) is 0 Å². The number of nitrogens with zero attached hydrogens (tertiary/aromatic N) is 2. The summed E-state index contributed by atoms with van der Waals surface area (Å²) in [6, 6.07) is 6.55. The second kappa shape index (κ2) is 8.87. The predicted molar refractivity (Wildman–Crippen MR) is 119 cm³/mol. The molecule has 0 aliphatic carbocycles. The molecule has 1 fully saturated rings. The number of amides is 2. The molecule has 2 aliphatic rings. The molecule has 32 heavy (non-hydrogen) atoms. The number of nitrogens with one attached hydrogen (secondary N) is 2. The topological polar surface area (TPSA) is 118 Å². The second-order valence-electron chi connectivity index (χ2n) is 8.05. The van der Waals surface area contributed by atoms with Crippen molar-refractivity contribution >= 4 is 33.2 Å². The average Bonchev–Trinajstić information content (AvgIpc) is 2.79. The third kappa shape index (κ3) is 4.33. The van der Waals surface area contributed by atoms with Crippen LogP contribution in [0.4, 0.5) is 11.4 Å². The molecule has 4 rings (SSSR count). The summed E-state index contributed by atoms with van der Waals surface area (Å²) in [4.78, 5) is 28.9. The molecule has 0 spiro atoms. The Labute approximate surface area is 187 Å². The summed E-state index contributed by atoms with van der Waals surface area (Å²) >= 11 is 0. The lowest BCUT2D eigenvalue weighted by atomic mass is 9.99. The summed E-state index contributed by atoms with van der Waals surface area (Å²) in [6.45, 7) is 3.94. The number of rotatable bonds is 5. The van der Waals surface area contributed by atoms with Crippen molar-refractivity contribution in [3.8, 4) is 5.75 Å². The number of ether oxygens (including phenoxy) is 1. The van der Waals surface area contributed by atoms with E-state index in [2.05, 4.69) is 15.6 Å². The van der Waals surface area contributed by atoms with Crippen molar-refractivity contribution < 1.29 is 22.7 Å². The quantitative estimate of drug-likeness (QED) is 0.711. The summed E-state index contributed by atoms with van der Waals surface area (Å²) < 4.78 is 34.0. The summed E-state index contributed by atoms with van der Waals surface area (Å²) in [6.07, 6.45) is 4.17. The van der Waals surface area contributed by atoms with Crippen LogP contribution >= 0.6 is 0 Å². The van der Waals surface area contributed by atoms with Gasteiger partial charge in [0.05, 0.1) is 28.4 Å². The highest BCUT2D eigenvalue weighted by atomic mass is 32.2. The van der Waals surface area contributed by atoms with Crippen molar-refractivity contribution in [1.82, 2.24) is 9.29 Å². The number of carbonyl (C=O) groups excluding carboxylic acids is 2. The van der Waals surface area contributed by atoms with Gasteiger partial charge in [0.2, 0.25) is 15.9 Å². The Balaban J connectivity index is 1.55. The number of hydrogen-bond donors (Lipinski definition) is 2. The zero-order valence-corrected chi connectivity index (χ0v) is 18.8.